The molecule has 15 heteroatoms. The van der Waals surface area contributed by atoms with Gasteiger partial charge in [0, 0.05) is 201 Å². The van der Waals surface area contributed by atoms with Crippen molar-refractivity contribution >= 4 is 137 Å². The number of hydrogen-bond donors (Lipinski definition) is 0. The molecule has 0 saturated carbocycles. The summed E-state index contributed by atoms with van der Waals surface area (Å²) < 4.78 is 32.4. The summed E-state index contributed by atoms with van der Waals surface area (Å²) in [4.78, 5) is 5.50. The van der Waals surface area contributed by atoms with Crippen LogP contribution in [0.1, 0.15) is 44.9 Å². The Kier molecular flexibility index (Phi) is 20.0. The third-order valence-corrected chi connectivity index (χ3v) is 23.4. The number of methoxy groups -OCH3 is 4. The summed E-state index contributed by atoms with van der Waals surface area (Å²) in [6, 6.07) is 25.4. The predicted molar refractivity (Wildman–Crippen MR) is 308 cm³/mol. The Hall–Kier alpha value is -0.201. The molecule has 4 nitrogen and oxygen atoms in total. The van der Waals surface area contributed by atoms with Crippen molar-refractivity contribution in [1.82, 2.24) is 0 Å². The van der Waals surface area contributed by atoms with Gasteiger partial charge in [0.25, 0.3) is 0 Å². The molecule has 1 aliphatic heterocycles. The van der Waals surface area contributed by atoms with E-state index in [1.807, 2.05) is 103 Å². The first-order chi connectivity index (χ1) is 34.5. The van der Waals surface area contributed by atoms with Crippen molar-refractivity contribution in [3.63, 3.8) is 0 Å². The summed E-state index contributed by atoms with van der Waals surface area (Å²) in [6.07, 6.45) is 26.9. The fourth-order valence-corrected chi connectivity index (χ4v) is 20.8. The van der Waals surface area contributed by atoms with Crippen molar-refractivity contribution in [3.05, 3.63) is 166 Å². The SMILES string of the molecule is C1=CC2=C(C1)C1=C(C=CC1)C2.C1=CC2=C(C1)C1=C(C=CC1)CC2.COc1ccc2sc3c(c2c1)SSc1c-3sc2ccc(OC)cc12.COc1ccc2sc3c(sc4c5cc(OC)ccc5sc43)c2c1.[Ar].[Ar].[Ar].[Ar]. The number of benzene rings is 4. The number of rotatable bonds is 4. The van der Waals surface area contributed by atoms with Gasteiger partial charge in [0.2, 0.25) is 0 Å². The van der Waals surface area contributed by atoms with E-state index in [-0.39, 0.29) is 151 Å². The smallest absolute Gasteiger partial charge is 0.119 e. The third-order valence-electron chi connectivity index (χ3n) is 14.1. The van der Waals surface area contributed by atoms with E-state index in [0.29, 0.717) is 0 Å². The summed E-state index contributed by atoms with van der Waals surface area (Å²) in [7, 11) is 10.6. The molecule has 0 fully saturated rings. The minimum absolute atomic E-state index is 0. The summed E-state index contributed by atoms with van der Waals surface area (Å²) in [5, 5.41) is 5.20. The number of ether oxygens (including phenoxy) is 4. The maximum Gasteiger partial charge on any atom is 0.119 e. The fraction of sp³-hybridized carbons (Fsp3) is 0.186. The van der Waals surface area contributed by atoms with Crippen molar-refractivity contribution in [3.8, 4) is 32.8 Å². The van der Waals surface area contributed by atoms with E-state index in [0.717, 1.165) is 23.0 Å². The molecule has 0 N–H and O–H groups in total. The van der Waals surface area contributed by atoms with Gasteiger partial charge < -0.3 is 18.9 Å². The average molecular weight is 1200 g/mol. The van der Waals surface area contributed by atoms with E-state index in [2.05, 4.69) is 97.1 Å². The van der Waals surface area contributed by atoms with E-state index in [1.54, 1.807) is 73.0 Å². The minimum Gasteiger partial charge on any atom is -0.497 e. The summed E-state index contributed by atoms with van der Waals surface area (Å²) in [6.45, 7) is 0. The van der Waals surface area contributed by atoms with Gasteiger partial charge in [-0.2, -0.15) is 0 Å². The molecular weight excluding hydrogens is 1160 g/mol. The van der Waals surface area contributed by atoms with Crippen molar-refractivity contribution in [1.29, 1.82) is 0 Å². The molecule has 0 unspecified atom stereocenters. The molecule has 0 radical (unpaired) electrons. The van der Waals surface area contributed by atoms with Gasteiger partial charge in [-0.3, -0.25) is 0 Å². The van der Waals surface area contributed by atoms with Crippen LogP contribution in [-0.4, -0.2) is 28.4 Å². The molecule has 9 aromatic rings. The second-order valence-corrected chi connectivity index (χ2v) is 25.3. The minimum atomic E-state index is 0. The van der Waals surface area contributed by atoms with Crippen LogP contribution in [0.3, 0.4) is 0 Å². The monoisotopic (exact) mass is 1200 g/mol. The Labute approximate surface area is 579 Å². The van der Waals surface area contributed by atoms with Crippen LogP contribution in [-0.2, 0) is 0 Å². The Morgan fingerprint density at radius 3 is 1.04 bits per heavy atom. The summed E-state index contributed by atoms with van der Waals surface area (Å²) >= 11 is 9.39. The maximum absolute atomic E-state index is 5.40. The Morgan fingerprint density at radius 2 is 0.676 bits per heavy atom. The standard InChI is InChI=1S/C18H12O2S4.C18H12O2S3.C12H12.C11H10.4Ar/c1-19-9-3-5-13-11(7-9)15-17(21-13)18-16(24-23-15)12-8-10(20-2)4-6-14(12)22-18;1-19-9-3-5-13-11(7-9)15-17(21-13)18-16(23-15)12-8-10(20-2)4-6-14(12)22-18;1-3-9-7-8-10-4-2-6-12(10)11(9)5-1;1-3-8-7-9-4-2-6-11(9)10(8)5-1;;;;/h3-8H,1-2H3;3-8H,1-2H3;1-4H,5-8H2;1-4H,5-7H2;;;;. The second kappa shape index (κ2) is 25.3. The van der Waals surface area contributed by atoms with Crippen molar-refractivity contribution in [2.75, 3.05) is 28.4 Å². The van der Waals surface area contributed by atoms with Crippen LogP contribution >= 0.6 is 78.3 Å². The number of hydrogen-bond acceptors (Lipinski definition) is 11. The van der Waals surface area contributed by atoms with Gasteiger partial charge in [-0.05, 0) is 162 Å². The van der Waals surface area contributed by atoms with Gasteiger partial charge in [-0.15, -0.1) is 56.7 Å². The van der Waals surface area contributed by atoms with Crippen LogP contribution in [0.5, 0.6) is 23.0 Å². The molecule has 0 spiro atoms. The zero-order chi connectivity index (χ0) is 47.0. The predicted octanol–water partition coefficient (Wildman–Crippen LogP) is 19.6. The van der Waals surface area contributed by atoms with Gasteiger partial charge >= 0.3 is 0 Å². The first kappa shape index (κ1) is 58.5. The van der Waals surface area contributed by atoms with Gasteiger partial charge in [0.05, 0.1) is 57.0 Å². The summed E-state index contributed by atoms with van der Waals surface area (Å²) in [5.41, 5.74) is 12.9. The number of fused-ring (bicyclic) bond motifs is 16. The third kappa shape index (κ3) is 10.9. The fourth-order valence-electron chi connectivity index (χ4n) is 10.6. The quantitative estimate of drug-likeness (QED) is 0.164. The molecule has 5 aromatic heterocycles. The zero-order valence-electron chi connectivity index (χ0n) is 40.4. The molecule has 0 amide bonds. The number of allylic oxidation sites excluding steroid dienone is 16. The second-order valence-electron chi connectivity index (χ2n) is 17.9. The largest absolute Gasteiger partial charge is 0.497 e. The van der Waals surface area contributed by atoms with Crippen LogP contribution in [0.15, 0.2) is 176 Å². The molecule has 4 aromatic carbocycles. The molecule has 16 rings (SSSR count). The Bertz CT molecular complexity index is 3690. The van der Waals surface area contributed by atoms with E-state index in [4.69, 9.17) is 18.9 Å². The van der Waals surface area contributed by atoms with Crippen LogP contribution in [0.4, 0.5) is 0 Å². The van der Waals surface area contributed by atoms with E-state index < -0.39 is 0 Å². The van der Waals surface area contributed by atoms with E-state index >= 15 is 0 Å². The van der Waals surface area contributed by atoms with Crippen molar-refractivity contribution < 1.29 is 170 Å². The van der Waals surface area contributed by atoms with Crippen molar-refractivity contribution in [2.24, 2.45) is 0 Å². The first-order valence-electron chi connectivity index (χ1n) is 23.5. The molecule has 6 heterocycles. The molecule has 7 aliphatic rings. The van der Waals surface area contributed by atoms with Gasteiger partial charge in [0.15, 0.2) is 0 Å². The Morgan fingerprint density at radius 1 is 0.351 bits per heavy atom. The zero-order valence-corrected chi connectivity index (χ0v) is 48.9. The molecule has 74 heavy (non-hydrogen) atoms. The first-order valence-corrected chi connectivity index (χ1v) is 29.7. The Balaban J connectivity index is 0.000000125. The van der Waals surface area contributed by atoms with E-state index in [9.17, 15) is 0 Å². The molecule has 0 bridgehead atoms. The van der Waals surface area contributed by atoms with E-state index in [1.165, 1.54) is 124 Å². The topological polar surface area (TPSA) is 36.9 Å². The molecule has 6 aliphatic carbocycles. The van der Waals surface area contributed by atoms with Gasteiger partial charge in [0.1, 0.15) is 23.0 Å². The summed E-state index contributed by atoms with van der Waals surface area (Å²) in [5.74, 6) is 3.67. The molecule has 0 atom stereocenters. The number of thiophene rings is 5. The van der Waals surface area contributed by atoms with Crippen LogP contribution in [0.25, 0.3) is 68.9 Å². The maximum atomic E-state index is 5.40. The molecule has 380 valence electrons. The van der Waals surface area contributed by atoms with Gasteiger partial charge in [-0.25, -0.2) is 0 Å². The average Bonchev–Trinajstić information content (AvgIpc) is 4.24. The molecular formula is C59H46Ar4O4S7. The van der Waals surface area contributed by atoms with Crippen molar-refractivity contribution in [2.45, 2.75) is 54.7 Å². The molecule has 0 saturated heterocycles. The van der Waals surface area contributed by atoms with Crippen LogP contribution in [0.2, 0.25) is 0 Å². The van der Waals surface area contributed by atoms with Crippen LogP contribution < -0.4 is 18.9 Å². The van der Waals surface area contributed by atoms with Crippen LogP contribution in [0, 0.1) is 151 Å². The van der Waals surface area contributed by atoms with Gasteiger partial charge in [-0.1, -0.05) is 70.2 Å². The normalized spacial score (nSPS) is 15.8.